The fraction of sp³-hybridized carbons (Fsp3) is 0.188. The topological polar surface area (TPSA) is 24.9 Å². The molecule has 0 spiro atoms. The Morgan fingerprint density at radius 2 is 2.11 bits per heavy atom. The molecule has 2 aromatic heterocycles. The predicted molar refractivity (Wildman–Crippen MR) is 82.4 cm³/mol. The number of nitrogens with zero attached hydrogens (tertiary/aromatic N) is 1. The molecule has 0 atom stereocenters. The minimum absolute atomic E-state index is 0.952. The number of rotatable bonds is 4. The Morgan fingerprint density at radius 1 is 1.16 bits per heavy atom. The van der Waals surface area contributed by atoms with E-state index in [1.54, 1.807) is 0 Å². The van der Waals surface area contributed by atoms with Crippen LogP contribution < -0.4 is 5.32 Å². The SMILES string of the molecule is CCNCc1ccc(-c2cccc3cnccc23)s1. The molecule has 0 aliphatic rings. The minimum Gasteiger partial charge on any atom is -0.312 e. The lowest BCUT2D eigenvalue weighted by Gasteiger charge is -2.03. The Morgan fingerprint density at radius 3 is 3.00 bits per heavy atom. The third kappa shape index (κ3) is 2.53. The first-order valence-electron chi connectivity index (χ1n) is 6.51. The highest BCUT2D eigenvalue weighted by Crippen LogP contribution is 2.33. The summed E-state index contributed by atoms with van der Waals surface area (Å²) in [5.74, 6) is 0. The second-order valence-corrected chi connectivity index (χ2v) is 5.62. The normalized spacial score (nSPS) is 11.0. The molecule has 0 bridgehead atoms. The van der Waals surface area contributed by atoms with Crippen LogP contribution in [0.1, 0.15) is 11.8 Å². The molecule has 0 saturated heterocycles. The van der Waals surface area contributed by atoms with Gasteiger partial charge in [0.15, 0.2) is 0 Å². The Hall–Kier alpha value is -1.71. The van der Waals surface area contributed by atoms with Crippen LogP contribution in [0.25, 0.3) is 21.2 Å². The van der Waals surface area contributed by atoms with E-state index in [1.807, 2.05) is 23.7 Å². The molecule has 19 heavy (non-hydrogen) atoms. The first kappa shape index (κ1) is 12.3. The fourth-order valence-corrected chi connectivity index (χ4v) is 3.22. The van der Waals surface area contributed by atoms with Gasteiger partial charge in [0.25, 0.3) is 0 Å². The summed E-state index contributed by atoms with van der Waals surface area (Å²) in [6.07, 6.45) is 3.78. The van der Waals surface area contributed by atoms with Crippen molar-refractivity contribution in [3.05, 3.63) is 53.7 Å². The van der Waals surface area contributed by atoms with Gasteiger partial charge in [0.1, 0.15) is 0 Å². The van der Waals surface area contributed by atoms with E-state index < -0.39 is 0 Å². The van der Waals surface area contributed by atoms with Gasteiger partial charge in [-0.15, -0.1) is 11.3 Å². The average molecular weight is 268 g/mol. The summed E-state index contributed by atoms with van der Waals surface area (Å²) in [4.78, 5) is 6.89. The lowest BCUT2D eigenvalue weighted by Crippen LogP contribution is -2.10. The van der Waals surface area contributed by atoms with E-state index in [-0.39, 0.29) is 0 Å². The second kappa shape index (κ2) is 5.51. The van der Waals surface area contributed by atoms with Crippen LogP contribution in [0.2, 0.25) is 0 Å². The van der Waals surface area contributed by atoms with Crippen molar-refractivity contribution in [2.45, 2.75) is 13.5 Å². The first-order chi connectivity index (χ1) is 9.38. The maximum atomic E-state index is 4.19. The number of fused-ring (bicyclic) bond motifs is 1. The van der Waals surface area contributed by atoms with Crippen molar-refractivity contribution in [1.82, 2.24) is 10.3 Å². The summed E-state index contributed by atoms with van der Waals surface area (Å²) in [5, 5.41) is 5.84. The van der Waals surface area contributed by atoms with Gasteiger partial charge in [-0.05, 0) is 35.7 Å². The van der Waals surface area contributed by atoms with E-state index in [0.29, 0.717) is 0 Å². The maximum Gasteiger partial charge on any atom is 0.0352 e. The van der Waals surface area contributed by atoms with Crippen molar-refractivity contribution in [3.8, 4) is 10.4 Å². The van der Waals surface area contributed by atoms with E-state index in [4.69, 9.17) is 0 Å². The van der Waals surface area contributed by atoms with Gasteiger partial charge in [-0.3, -0.25) is 4.98 Å². The average Bonchev–Trinajstić information content (AvgIpc) is 2.93. The highest BCUT2D eigenvalue weighted by Gasteiger charge is 2.06. The van der Waals surface area contributed by atoms with Crippen molar-refractivity contribution >= 4 is 22.1 Å². The molecule has 0 aliphatic heterocycles. The second-order valence-electron chi connectivity index (χ2n) is 4.45. The van der Waals surface area contributed by atoms with E-state index >= 15 is 0 Å². The summed E-state index contributed by atoms with van der Waals surface area (Å²) < 4.78 is 0. The van der Waals surface area contributed by atoms with Gasteiger partial charge in [-0.25, -0.2) is 0 Å². The largest absolute Gasteiger partial charge is 0.312 e. The summed E-state index contributed by atoms with van der Waals surface area (Å²) in [7, 11) is 0. The highest BCUT2D eigenvalue weighted by atomic mass is 32.1. The summed E-state index contributed by atoms with van der Waals surface area (Å²) >= 11 is 1.86. The minimum atomic E-state index is 0.952. The van der Waals surface area contributed by atoms with Crippen molar-refractivity contribution in [2.75, 3.05) is 6.54 Å². The molecule has 0 radical (unpaired) electrons. The zero-order valence-electron chi connectivity index (χ0n) is 10.9. The highest BCUT2D eigenvalue weighted by molar-refractivity contribution is 7.15. The Balaban J connectivity index is 2.02. The van der Waals surface area contributed by atoms with Gasteiger partial charge in [0, 0.05) is 34.1 Å². The molecule has 0 unspecified atom stereocenters. The van der Waals surface area contributed by atoms with Crippen LogP contribution in [0, 0.1) is 0 Å². The van der Waals surface area contributed by atoms with Crippen molar-refractivity contribution in [3.63, 3.8) is 0 Å². The van der Waals surface area contributed by atoms with Gasteiger partial charge in [0.05, 0.1) is 0 Å². The number of pyridine rings is 1. The number of hydrogen-bond donors (Lipinski definition) is 1. The summed E-state index contributed by atoms with van der Waals surface area (Å²) in [5.41, 5.74) is 1.30. The Labute approximate surface area is 117 Å². The molecule has 3 aromatic rings. The van der Waals surface area contributed by atoms with E-state index in [1.165, 1.54) is 26.1 Å². The summed E-state index contributed by atoms with van der Waals surface area (Å²) in [6, 6.07) is 12.9. The molecule has 0 saturated carbocycles. The number of aromatic nitrogens is 1. The zero-order valence-corrected chi connectivity index (χ0v) is 11.7. The Kier molecular flexibility index (Phi) is 3.58. The lowest BCUT2D eigenvalue weighted by molar-refractivity contribution is 0.735. The molecule has 1 aromatic carbocycles. The smallest absolute Gasteiger partial charge is 0.0352 e. The maximum absolute atomic E-state index is 4.19. The third-order valence-electron chi connectivity index (χ3n) is 3.16. The van der Waals surface area contributed by atoms with Crippen LogP contribution in [-0.4, -0.2) is 11.5 Å². The van der Waals surface area contributed by atoms with Gasteiger partial charge < -0.3 is 5.32 Å². The van der Waals surface area contributed by atoms with Crippen LogP contribution in [-0.2, 0) is 6.54 Å². The molecule has 2 heterocycles. The molecule has 96 valence electrons. The molecule has 3 heteroatoms. The fourth-order valence-electron chi connectivity index (χ4n) is 2.20. The van der Waals surface area contributed by atoms with Crippen molar-refractivity contribution in [1.29, 1.82) is 0 Å². The molecule has 0 amide bonds. The molecule has 3 rings (SSSR count). The van der Waals surface area contributed by atoms with Gasteiger partial charge in [0.2, 0.25) is 0 Å². The lowest BCUT2D eigenvalue weighted by atomic mass is 10.1. The van der Waals surface area contributed by atoms with E-state index in [9.17, 15) is 0 Å². The van der Waals surface area contributed by atoms with Gasteiger partial charge in [-0.2, -0.15) is 0 Å². The van der Waals surface area contributed by atoms with Crippen molar-refractivity contribution in [2.24, 2.45) is 0 Å². The standard InChI is InChI=1S/C16H16N2S/c1-2-17-11-13-6-7-16(19-13)15-5-3-4-12-10-18-9-8-14(12)15/h3-10,17H,2,11H2,1H3. The summed E-state index contributed by atoms with van der Waals surface area (Å²) in [6.45, 7) is 4.09. The molecular weight excluding hydrogens is 252 g/mol. The van der Waals surface area contributed by atoms with Crippen LogP contribution in [0.3, 0.4) is 0 Å². The molecule has 0 fully saturated rings. The third-order valence-corrected chi connectivity index (χ3v) is 4.28. The number of hydrogen-bond acceptors (Lipinski definition) is 3. The quantitative estimate of drug-likeness (QED) is 0.771. The first-order valence-corrected chi connectivity index (χ1v) is 7.32. The van der Waals surface area contributed by atoms with E-state index in [0.717, 1.165) is 13.1 Å². The van der Waals surface area contributed by atoms with Gasteiger partial charge >= 0.3 is 0 Å². The van der Waals surface area contributed by atoms with Crippen molar-refractivity contribution < 1.29 is 0 Å². The predicted octanol–water partition coefficient (Wildman–Crippen LogP) is 4.07. The van der Waals surface area contributed by atoms with Gasteiger partial charge in [-0.1, -0.05) is 25.1 Å². The van der Waals surface area contributed by atoms with Crippen LogP contribution in [0.15, 0.2) is 48.8 Å². The number of nitrogens with one attached hydrogen (secondary N) is 1. The number of thiophene rings is 1. The van der Waals surface area contributed by atoms with Crippen LogP contribution in [0.4, 0.5) is 0 Å². The molecule has 0 aliphatic carbocycles. The monoisotopic (exact) mass is 268 g/mol. The zero-order chi connectivity index (χ0) is 13.1. The molecular formula is C16H16N2S. The molecule has 1 N–H and O–H groups in total. The van der Waals surface area contributed by atoms with Crippen LogP contribution >= 0.6 is 11.3 Å². The number of benzene rings is 1. The van der Waals surface area contributed by atoms with Crippen LogP contribution in [0.5, 0.6) is 0 Å². The van der Waals surface area contributed by atoms with E-state index in [2.05, 4.69) is 53.6 Å². The molecule has 2 nitrogen and oxygen atoms in total. The Bertz CT molecular complexity index is 683.